The molecule has 2 aliphatic carbocycles. The highest BCUT2D eigenvalue weighted by Gasteiger charge is 2.63. The van der Waals surface area contributed by atoms with Crippen LogP contribution in [0.1, 0.15) is 52.9 Å². The fourth-order valence-electron chi connectivity index (χ4n) is 4.19. The van der Waals surface area contributed by atoms with Gasteiger partial charge < -0.3 is 9.47 Å². The Bertz CT molecular complexity index is 292. The van der Waals surface area contributed by atoms with Gasteiger partial charge in [0.2, 0.25) is 0 Å². The zero-order chi connectivity index (χ0) is 13.9. The van der Waals surface area contributed by atoms with Crippen LogP contribution in [0.3, 0.4) is 0 Å². The van der Waals surface area contributed by atoms with Crippen LogP contribution in [0.5, 0.6) is 0 Å². The minimum Gasteiger partial charge on any atom is -0.379 e. The summed E-state index contributed by atoms with van der Waals surface area (Å²) in [7, 11) is 0. The lowest BCUT2D eigenvalue weighted by molar-refractivity contribution is -0.146. The van der Waals surface area contributed by atoms with Crippen molar-refractivity contribution < 1.29 is 9.47 Å². The van der Waals surface area contributed by atoms with Gasteiger partial charge >= 0.3 is 0 Å². The van der Waals surface area contributed by atoms with Crippen molar-refractivity contribution in [1.82, 2.24) is 0 Å². The zero-order valence-electron chi connectivity index (χ0n) is 12.7. The molecule has 2 fully saturated rings. The van der Waals surface area contributed by atoms with Crippen LogP contribution in [0.25, 0.3) is 0 Å². The molecule has 0 saturated heterocycles. The maximum Gasteiger partial charge on any atom is 0.0861 e. The van der Waals surface area contributed by atoms with E-state index in [4.69, 9.17) is 9.47 Å². The summed E-state index contributed by atoms with van der Waals surface area (Å²) in [5.74, 6) is 1.58. The van der Waals surface area contributed by atoms with Crippen LogP contribution < -0.4 is 0 Å². The summed E-state index contributed by atoms with van der Waals surface area (Å²) < 4.78 is 12.0. The number of fused-ring (bicyclic) bond motifs is 2. The summed E-state index contributed by atoms with van der Waals surface area (Å²) in [6.07, 6.45) is 6.44. The molecule has 3 heteroatoms. The molecular formula is C16H29BrO2. The second-order valence-electron chi connectivity index (χ2n) is 6.77. The molecule has 0 aromatic carbocycles. The normalized spacial score (nSPS) is 36.0. The highest BCUT2D eigenvalue weighted by molar-refractivity contribution is 9.09. The topological polar surface area (TPSA) is 18.5 Å². The first-order valence-corrected chi connectivity index (χ1v) is 8.98. The van der Waals surface area contributed by atoms with Crippen LogP contribution >= 0.6 is 15.9 Å². The molecule has 0 N–H and O–H groups in total. The summed E-state index contributed by atoms with van der Waals surface area (Å²) in [5, 5.41) is 0.961. The Morgan fingerprint density at radius 3 is 2.42 bits per heavy atom. The minimum atomic E-state index is 0.0318. The fraction of sp³-hybridized carbons (Fsp3) is 1.00. The predicted octanol–water partition coefficient (Wildman–Crippen LogP) is 4.41. The van der Waals surface area contributed by atoms with Crippen LogP contribution in [-0.2, 0) is 9.47 Å². The van der Waals surface area contributed by atoms with Gasteiger partial charge in [-0.2, -0.15) is 0 Å². The smallest absolute Gasteiger partial charge is 0.0861 e. The first-order valence-electron chi connectivity index (χ1n) is 7.86. The fourth-order valence-corrected chi connectivity index (χ4v) is 5.53. The van der Waals surface area contributed by atoms with E-state index in [0.29, 0.717) is 5.41 Å². The molecule has 3 atom stereocenters. The molecule has 0 heterocycles. The highest BCUT2D eigenvalue weighted by atomic mass is 79.9. The summed E-state index contributed by atoms with van der Waals surface area (Å²) in [6.45, 7) is 9.34. The van der Waals surface area contributed by atoms with Crippen molar-refractivity contribution in [3.05, 3.63) is 0 Å². The first-order chi connectivity index (χ1) is 9.08. The standard InChI is InChI=1S/C16H29BrO2/c1-4-5-8-18-9-10-19-16(12-17)14-7-6-13(11-14)15(16,2)3/h13-14H,4-12H2,1-3H3. The second-order valence-corrected chi connectivity index (χ2v) is 7.33. The zero-order valence-corrected chi connectivity index (χ0v) is 14.3. The van der Waals surface area contributed by atoms with Crippen LogP contribution in [0.4, 0.5) is 0 Å². The Morgan fingerprint density at radius 1 is 1.11 bits per heavy atom. The third-order valence-electron chi connectivity index (χ3n) is 5.63. The number of hydrogen-bond acceptors (Lipinski definition) is 2. The Hall–Kier alpha value is 0.400. The van der Waals surface area contributed by atoms with Crippen LogP contribution in [0.15, 0.2) is 0 Å². The number of unbranched alkanes of at least 4 members (excludes halogenated alkanes) is 1. The molecule has 2 bridgehead atoms. The summed E-state index contributed by atoms with van der Waals surface area (Å²) >= 11 is 3.74. The molecule has 2 rings (SSSR count). The van der Waals surface area contributed by atoms with Crippen molar-refractivity contribution in [3.8, 4) is 0 Å². The Kier molecular flexibility index (Phi) is 5.35. The van der Waals surface area contributed by atoms with Crippen molar-refractivity contribution in [3.63, 3.8) is 0 Å². The monoisotopic (exact) mass is 332 g/mol. The van der Waals surface area contributed by atoms with Crippen molar-refractivity contribution in [2.45, 2.75) is 58.5 Å². The first kappa shape index (κ1) is 15.8. The number of halogens is 1. The van der Waals surface area contributed by atoms with E-state index in [0.717, 1.165) is 43.4 Å². The molecule has 0 aliphatic heterocycles. The lowest BCUT2D eigenvalue weighted by atomic mass is 9.66. The van der Waals surface area contributed by atoms with Crippen molar-refractivity contribution >= 4 is 15.9 Å². The van der Waals surface area contributed by atoms with Gasteiger partial charge in [0.25, 0.3) is 0 Å². The van der Waals surface area contributed by atoms with Gasteiger partial charge in [-0.15, -0.1) is 0 Å². The predicted molar refractivity (Wildman–Crippen MR) is 82.8 cm³/mol. The van der Waals surface area contributed by atoms with E-state index in [2.05, 4.69) is 36.7 Å². The van der Waals surface area contributed by atoms with Gasteiger partial charge in [-0.3, -0.25) is 0 Å². The maximum absolute atomic E-state index is 6.40. The van der Waals surface area contributed by atoms with Crippen molar-refractivity contribution in [2.75, 3.05) is 25.2 Å². The lowest BCUT2D eigenvalue weighted by Crippen LogP contribution is -2.53. The summed E-state index contributed by atoms with van der Waals surface area (Å²) in [4.78, 5) is 0. The van der Waals surface area contributed by atoms with E-state index in [-0.39, 0.29) is 5.60 Å². The van der Waals surface area contributed by atoms with E-state index in [1.807, 2.05) is 0 Å². The third kappa shape index (κ3) is 2.75. The Balaban J connectivity index is 1.85. The number of hydrogen-bond donors (Lipinski definition) is 0. The number of alkyl halides is 1. The average molecular weight is 333 g/mol. The molecule has 2 aliphatic rings. The van der Waals surface area contributed by atoms with Gasteiger partial charge in [0.1, 0.15) is 0 Å². The minimum absolute atomic E-state index is 0.0318. The molecule has 0 aromatic heterocycles. The van der Waals surface area contributed by atoms with Gasteiger partial charge in [0.15, 0.2) is 0 Å². The quantitative estimate of drug-likeness (QED) is 0.484. The average Bonchev–Trinajstić information content (AvgIpc) is 2.94. The molecule has 0 radical (unpaired) electrons. The van der Waals surface area contributed by atoms with Crippen LogP contribution in [0, 0.1) is 17.3 Å². The van der Waals surface area contributed by atoms with E-state index >= 15 is 0 Å². The molecule has 3 unspecified atom stereocenters. The van der Waals surface area contributed by atoms with E-state index in [9.17, 15) is 0 Å². The maximum atomic E-state index is 6.40. The number of ether oxygens (including phenoxy) is 2. The molecule has 19 heavy (non-hydrogen) atoms. The molecular weight excluding hydrogens is 304 g/mol. The van der Waals surface area contributed by atoms with E-state index in [1.54, 1.807) is 0 Å². The SMILES string of the molecule is CCCCOCCOC1(CBr)C2CCC(C2)C1(C)C. The highest BCUT2D eigenvalue weighted by Crippen LogP contribution is 2.63. The molecule has 2 saturated carbocycles. The molecule has 0 aromatic rings. The van der Waals surface area contributed by atoms with E-state index < -0.39 is 0 Å². The Morgan fingerprint density at radius 2 is 1.84 bits per heavy atom. The Labute approximate surface area is 126 Å². The van der Waals surface area contributed by atoms with Gasteiger partial charge in [0, 0.05) is 11.9 Å². The van der Waals surface area contributed by atoms with Gasteiger partial charge in [-0.25, -0.2) is 0 Å². The van der Waals surface area contributed by atoms with Gasteiger partial charge in [0.05, 0.1) is 18.8 Å². The number of rotatable bonds is 8. The van der Waals surface area contributed by atoms with E-state index in [1.165, 1.54) is 25.7 Å². The van der Waals surface area contributed by atoms with Gasteiger partial charge in [-0.1, -0.05) is 43.1 Å². The second kappa shape index (κ2) is 6.44. The van der Waals surface area contributed by atoms with Crippen LogP contribution in [-0.4, -0.2) is 30.8 Å². The molecule has 0 amide bonds. The summed E-state index contributed by atoms with van der Waals surface area (Å²) in [5.41, 5.74) is 0.326. The molecule has 0 spiro atoms. The van der Waals surface area contributed by atoms with Crippen molar-refractivity contribution in [2.24, 2.45) is 17.3 Å². The van der Waals surface area contributed by atoms with Gasteiger partial charge in [-0.05, 0) is 42.9 Å². The molecule has 112 valence electrons. The van der Waals surface area contributed by atoms with Crippen LogP contribution in [0.2, 0.25) is 0 Å². The largest absolute Gasteiger partial charge is 0.379 e. The summed E-state index contributed by atoms with van der Waals surface area (Å²) in [6, 6.07) is 0. The molecule has 2 nitrogen and oxygen atoms in total. The van der Waals surface area contributed by atoms with Crippen molar-refractivity contribution in [1.29, 1.82) is 0 Å². The lowest BCUT2D eigenvalue weighted by Gasteiger charge is -2.48. The third-order valence-corrected chi connectivity index (χ3v) is 6.46.